The van der Waals surface area contributed by atoms with Crippen molar-refractivity contribution in [1.29, 1.82) is 0 Å². The van der Waals surface area contributed by atoms with Crippen molar-refractivity contribution in [2.75, 3.05) is 0 Å². The molecule has 3 heteroatoms. The summed E-state index contributed by atoms with van der Waals surface area (Å²) in [6.45, 7) is 2.38. The lowest BCUT2D eigenvalue weighted by atomic mass is 9.76. The largest absolute Gasteiger partial charge is 0.208 e. The molecule has 2 aliphatic carbocycles. The second-order valence-corrected chi connectivity index (χ2v) is 13.6. The van der Waals surface area contributed by atoms with Crippen molar-refractivity contribution in [2.24, 2.45) is 0 Å². The highest BCUT2D eigenvalue weighted by Crippen LogP contribution is 2.44. The number of hydrogen-bond donors (Lipinski definition) is 0. The van der Waals surface area contributed by atoms with Crippen LogP contribution in [0.15, 0.2) is 152 Å². The van der Waals surface area contributed by atoms with Gasteiger partial charge in [-0.3, -0.25) is 0 Å². The molecule has 6 aromatic carbocycles. The van der Waals surface area contributed by atoms with E-state index in [2.05, 4.69) is 134 Å². The standard InChI is InChI=1S/C48H37N3/c1-32-14-13-23-43-44(31-38-21-11-12-22-42(38)45(32)43)40-28-39(35-26-24-34(25-27-35)33-15-5-2-6-16-33)29-41(30-40)48-50-46(36-17-7-3-8-18-36)49-47(51-48)37-19-9-4-10-20-37/h2-11,13,15-21,23-32H,12,14,22H2,1H3. The molecule has 244 valence electrons. The van der Waals surface area contributed by atoms with E-state index in [4.69, 9.17) is 15.0 Å². The Morgan fingerprint density at radius 1 is 0.471 bits per heavy atom. The van der Waals surface area contributed by atoms with Crippen LogP contribution in [-0.2, 0) is 6.42 Å². The van der Waals surface area contributed by atoms with E-state index in [0.717, 1.165) is 52.6 Å². The summed E-state index contributed by atoms with van der Waals surface area (Å²) in [7, 11) is 0. The number of aromatic nitrogens is 3. The third-order valence-corrected chi connectivity index (χ3v) is 10.2. The van der Waals surface area contributed by atoms with Gasteiger partial charge in [0.15, 0.2) is 17.5 Å². The second kappa shape index (κ2) is 13.3. The van der Waals surface area contributed by atoms with Crippen molar-refractivity contribution in [3.05, 3.63) is 174 Å². The molecule has 0 fully saturated rings. The highest BCUT2D eigenvalue weighted by Gasteiger charge is 2.24. The first-order valence-corrected chi connectivity index (χ1v) is 17.9. The Morgan fingerprint density at radius 3 is 1.61 bits per heavy atom. The molecule has 0 bridgehead atoms. The molecule has 1 heterocycles. The van der Waals surface area contributed by atoms with Crippen molar-refractivity contribution in [1.82, 2.24) is 15.0 Å². The van der Waals surface area contributed by atoms with Gasteiger partial charge in [0.05, 0.1) is 0 Å². The van der Waals surface area contributed by atoms with E-state index in [1.807, 2.05) is 36.4 Å². The summed E-state index contributed by atoms with van der Waals surface area (Å²) in [5, 5.41) is 0. The third-order valence-electron chi connectivity index (χ3n) is 10.2. The molecular formula is C48H37N3. The van der Waals surface area contributed by atoms with Gasteiger partial charge in [0.2, 0.25) is 0 Å². The maximum absolute atomic E-state index is 5.15. The minimum atomic E-state index is 0.476. The molecule has 7 aromatic rings. The zero-order valence-electron chi connectivity index (χ0n) is 28.6. The zero-order valence-corrected chi connectivity index (χ0v) is 28.6. The van der Waals surface area contributed by atoms with Crippen LogP contribution in [0.5, 0.6) is 0 Å². The third kappa shape index (κ3) is 6.02. The second-order valence-electron chi connectivity index (χ2n) is 13.6. The van der Waals surface area contributed by atoms with E-state index < -0.39 is 0 Å². The fourth-order valence-electron chi connectivity index (χ4n) is 7.64. The first-order chi connectivity index (χ1) is 25.2. The van der Waals surface area contributed by atoms with Crippen LogP contribution in [0.3, 0.4) is 0 Å². The highest BCUT2D eigenvalue weighted by molar-refractivity contribution is 5.88. The number of benzene rings is 6. The minimum absolute atomic E-state index is 0.476. The molecule has 9 rings (SSSR count). The van der Waals surface area contributed by atoms with Crippen molar-refractivity contribution < 1.29 is 0 Å². The van der Waals surface area contributed by atoms with Crippen LogP contribution in [0, 0.1) is 0 Å². The van der Waals surface area contributed by atoms with Crippen LogP contribution < -0.4 is 0 Å². The number of nitrogens with zero attached hydrogens (tertiary/aromatic N) is 3. The van der Waals surface area contributed by atoms with Gasteiger partial charge in [-0.25, -0.2) is 15.0 Å². The van der Waals surface area contributed by atoms with E-state index in [0.29, 0.717) is 23.4 Å². The number of allylic oxidation sites excluding steroid dienone is 2. The summed E-state index contributed by atoms with van der Waals surface area (Å²) in [6, 6.07) is 49.1. The summed E-state index contributed by atoms with van der Waals surface area (Å²) in [6.07, 6.45) is 12.6. The molecule has 51 heavy (non-hydrogen) atoms. The van der Waals surface area contributed by atoms with Crippen LogP contribution in [0.4, 0.5) is 0 Å². The summed E-state index contributed by atoms with van der Waals surface area (Å²) in [4.78, 5) is 15.3. The fourth-order valence-corrected chi connectivity index (χ4v) is 7.64. The first-order valence-electron chi connectivity index (χ1n) is 17.9. The fraction of sp³-hybridized carbons (Fsp3) is 0.104. The van der Waals surface area contributed by atoms with E-state index in [1.165, 1.54) is 38.9 Å². The van der Waals surface area contributed by atoms with Crippen molar-refractivity contribution in [3.63, 3.8) is 0 Å². The Hall–Kier alpha value is -6.19. The van der Waals surface area contributed by atoms with Gasteiger partial charge in [0, 0.05) is 16.7 Å². The van der Waals surface area contributed by atoms with Gasteiger partial charge in [-0.05, 0) is 105 Å². The quantitative estimate of drug-likeness (QED) is 0.179. The predicted octanol–water partition coefficient (Wildman–Crippen LogP) is 12.4. The van der Waals surface area contributed by atoms with Crippen LogP contribution in [0.25, 0.3) is 79.7 Å². The lowest BCUT2D eigenvalue weighted by Gasteiger charge is -2.28. The lowest BCUT2D eigenvalue weighted by Crippen LogP contribution is -2.10. The van der Waals surface area contributed by atoms with E-state index in [9.17, 15) is 0 Å². The molecule has 0 amide bonds. The monoisotopic (exact) mass is 655 g/mol. The Morgan fingerprint density at radius 2 is 0.980 bits per heavy atom. The number of rotatable bonds is 6. The number of fused-ring (bicyclic) bond motifs is 3. The van der Waals surface area contributed by atoms with Gasteiger partial charge >= 0.3 is 0 Å². The highest BCUT2D eigenvalue weighted by atomic mass is 15.0. The molecular weight excluding hydrogens is 619 g/mol. The lowest BCUT2D eigenvalue weighted by molar-refractivity contribution is 0.752. The molecule has 0 saturated carbocycles. The van der Waals surface area contributed by atoms with Gasteiger partial charge in [-0.2, -0.15) is 0 Å². The SMILES string of the molecule is CC1CC=Cc2c(-c3cc(-c4ccc(-c5ccccc5)cc4)cc(-c4nc(-c5ccccc5)nc(-c5ccccc5)n4)c3)cc3c(c21)CCC=C3. The molecule has 1 unspecified atom stereocenters. The van der Waals surface area contributed by atoms with Gasteiger partial charge in [0.25, 0.3) is 0 Å². The van der Waals surface area contributed by atoms with E-state index >= 15 is 0 Å². The molecule has 1 atom stereocenters. The van der Waals surface area contributed by atoms with Gasteiger partial charge < -0.3 is 0 Å². The Kier molecular flexibility index (Phi) is 8.02. The zero-order chi connectivity index (χ0) is 34.1. The average Bonchev–Trinajstić information content (AvgIpc) is 3.21. The molecule has 3 nitrogen and oxygen atoms in total. The number of hydrogen-bond acceptors (Lipinski definition) is 3. The van der Waals surface area contributed by atoms with Gasteiger partial charge in [-0.1, -0.05) is 146 Å². The molecule has 0 spiro atoms. The molecule has 0 saturated heterocycles. The summed E-state index contributed by atoms with van der Waals surface area (Å²) >= 11 is 0. The van der Waals surface area contributed by atoms with Crippen LogP contribution >= 0.6 is 0 Å². The summed E-state index contributed by atoms with van der Waals surface area (Å²) in [5.41, 5.74) is 15.7. The normalized spacial score (nSPS) is 14.6. The summed E-state index contributed by atoms with van der Waals surface area (Å²) < 4.78 is 0. The van der Waals surface area contributed by atoms with Crippen molar-refractivity contribution in [3.8, 4) is 67.5 Å². The predicted molar refractivity (Wildman–Crippen MR) is 212 cm³/mol. The molecule has 2 aliphatic rings. The molecule has 1 aromatic heterocycles. The average molecular weight is 656 g/mol. The molecule has 0 radical (unpaired) electrons. The van der Waals surface area contributed by atoms with Crippen molar-refractivity contribution >= 4 is 12.2 Å². The minimum Gasteiger partial charge on any atom is -0.208 e. The van der Waals surface area contributed by atoms with E-state index in [1.54, 1.807) is 0 Å². The molecule has 0 aliphatic heterocycles. The van der Waals surface area contributed by atoms with Gasteiger partial charge in [-0.15, -0.1) is 0 Å². The first kappa shape index (κ1) is 30.8. The topological polar surface area (TPSA) is 38.7 Å². The smallest absolute Gasteiger partial charge is 0.164 e. The maximum Gasteiger partial charge on any atom is 0.164 e. The summed E-state index contributed by atoms with van der Waals surface area (Å²) in [5.74, 6) is 2.45. The van der Waals surface area contributed by atoms with Crippen molar-refractivity contribution in [2.45, 2.75) is 32.1 Å². The van der Waals surface area contributed by atoms with Crippen LogP contribution in [0.1, 0.15) is 47.9 Å². The molecule has 0 N–H and O–H groups in total. The van der Waals surface area contributed by atoms with Crippen LogP contribution in [0.2, 0.25) is 0 Å². The Bertz CT molecular complexity index is 2370. The van der Waals surface area contributed by atoms with Crippen LogP contribution in [-0.4, -0.2) is 15.0 Å². The van der Waals surface area contributed by atoms with Gasteiger partial charge in [0.1, 0.15) is 0 Å². The maximum atomic E-state index is 5.15. The Balaban J connectivity index is 1.27. The Labute approximate surface area is 299 Å². The van der Waals surface area contributed by atoms with E-state index in [-0.39, 0.29) is 0 Å².